The topological polar surface area (TPSA) is 71.0 Å². The molecular formula is C20H14F4N3O3. The number of carbonyl (C=O) groups is 2. The van der Waals surface area contributed by atoms with Gasteiger partial charge in [-0.1, -0.05) is 0 Å². The van der Waals surface area contributed by atoms with Crippen LogP contribution in [0, 0.1) is 12.7 Å². The lowest BCUT2D eigenvalue weighted by molar-refractivity contribution is -0.137. The highest BCUT2D eigenvalue weighted by molar-refractivity contribution is 6.44. The number of benzene rings is 2. The van der Waals surface area contributed by atoms with Gasteiger partial charge in [-0.2, -0.15) is 18.3 Å². The van der Waals surface area contributed by atoms with Crippen molar-refractivity contribution in [2.24, 2.45) is 5.10 Å². The first-order valence-electron chi connectivity index (χ1n) is 8.75. The summed E-state index contributed by atoms with van der Waals surface area (Å²) in [4.78, 5) is 25.0. The number of hydrogen-bond acceptors (Lipinski definition) is 5. The van der Waals surface area contributed by atoms with Crippen LogP contribution in [0.3, 0.4) is 0 Å². The van der Waals surface area contributed by atoms with E-state index >= 15 is 0 Å². The van der Waals surface area contributed by atoms with Crippen LogP contribution in [0.25, 0.3) is 0 Å². The molecule has 2 aliphatic rings. The molecule has 1 unspecified atom stereocenters. The van der Waals surface area contributed by atoms with Crippen molar-refractivity contribution in [3.05, 3.63) is 60.8 Å². The normalized spacial score (nSPS) is 20.0. The molecule has 0 fully saturated rings. The van der Waals surface area contributed by atoms with E-state index in [2.05, 4.69) is 17.3 Å². The third-order valence-electron chi connectivity index (χ3n) is 4.95. The van der Waals surface area contributed by atoms with Crippen molar-refractivity contribution in [3.63, 3.8) is 0 Å². The van der Waals surface area contributed by atoms with Gasteiger partial charge in [-0.3, -0.25) is 9.59 Å². The Morgan fingerprint density at radius 3 is 2.50 bits per heavy atom. The molecule has 0 aliphatic carbocycles. The van der Waals surface area contributed by atoms with Gasteiger partial charge >= 0.3 is 6.18 Å². The maximum Gasteiger partial charge on any atom is 0.416 e. The molecule has 0 spiro atoms. The van der Waals surface area contributed by atoms with Gasteiger partial charge in [0.2, 0.25) is 0 Å². The zero-order chi connectivity index (χ0) is 21.7. The molecule has 30 heavy (non-hydrogen) atoms. The van der Waals surface area contributed by atoms with E-state index in [-0.39, 0.29) is 30.2 Å². The third-order valence-corrected chi connectivity index (χ3v) is 4.95. The van der Waals surface area contributed by atoms with Crippen LogP contribution in [0.2, 0.25) is 0 Å². The van der Waals surface area contributed by atoms with E-state index in [9.17, 15) is 27.2 Å². The third kappa shape index (κ3) is 3.27. The van der Waals surface area contributed by atoms with Crippen LogP contribution in [0.1, 0.15) is 12.0 Å². The molecule has 2 aromatic rings. The highest BCUT2D eigenvalue weighted by atomic mass is 19.4. The summed E-state index contributed by atoms with van der Waals surface area (Å²) in [6.45, 7) is 3.26. The standard InChI is InChI=1S/C20H14F4N3O3/c1-11(28)19-9-15(18(29)25-14-5-2-12(3-6-14)20(22,23)24)26-27(19)16-7-4-13(21)8-17(16)30-10-19/h2-8H,1,9-10H2,(H,25,29). The fourth-order valence-corrected chi connectivity index (χ4v) is 3.34. The number of ether oxygens (including phenoxy) is 1. The molecule has 0 saturated carbocycles. The molecular weight excluding hydrogens is 406 g/mol. The number of ketones is 1. The van der Waals surface area contributed by atoms with Crippen LogP contribution in [0.4, 0.5) is 28.9 Å². The highest BCUT2D eigenvalue weighted by Gasteiger charge is 2.53. The number of amides is 1. The molecule has 6 nitrogen and oxygen atoms in total. The summed E-state index contributed by atoms with van der Waals surface area (Å²) in [5, 5.41) is 7.98. The van der Waals surface area contributed by atoms with Crippen LogP contribution in [-0.2, 0) is 15.8 Å². The summed E-state index contributed by atoms with van der Waals surface area (Å²) >= 11 is 0. The maximum atomic E-state index is 13.5. The Kier molecular flexibility index (Phi) is 4.52. The van der Waals surface area contributed by atoms with Gasteiger partial charge < -0.3 is 10.1 Å². The molecule has 1 atom stereocenters. The molecule has 10 heteroatoms. The van der Waals surface area contributed by atoms with Crippen molar-refractivity contribution in [1.29, 1.82) is 0 Å². The minimum Gasteiger partial charge on any atom is -0.488 e. The van der Waals surface area contributed by atoms with Gasteiger partial charge in [0.1, 0.15) is 29.6 Å². The fourth-order valence-electron chi connectivity index (χ4n) is 3.34. The molecule has 1 amide bonds. The second-order valence-electron chi connectivity index (χ2n) is 6.92. The number of hydrazone groups is 1. The number of halogens is 4. The molecule has 0 aromatic heterocycles. The van der Waals surface area contributed by atoms with Crippen molar-refractivity contribution < 1.29 is 31.9 Å². The number of alkyl halides is 3. The van der Waals surface area contributed by atoms with Crippen molar-refractivity contribution >= 4 is 28.8 Å². The van der Waals surface area contributed by atoms with Gasteiger partial charge in [-0.05, 0) is 36.4 Å². The average Bonchev–Trinajstić information content (AvgIpc) is 3.09. The first-order valence-corrected chi connectivity index (χ1v) is 8.75. The number of rotatable bonds is 3. The zero-order valence-electron chi connectivity index (χ0n) is 15.3. The van der Waals surface area contributed by atoms with Crippen LogP contribution in [0.15, 0.2) is 47.6 Å². The van der Waals surface area contributed by atoms with E-state index in [1.807, 2.05) is 0 Å². The predicted molar refractivity (Wildman–Crippen MR) is 99.6 cm³/mol. The Morgan fingerprint density at radius 2 is 1.87 bits per heavy atom. The van der Waals surface area contributed by atoms with Crippen molar-refractivity contribution in [1.82, 2.24) is 0 Å². The maximum absolute atomic E-state index is 13.5. The Balaban J connectivity index is 1.61. The second-order valence-corrected chi connectivity index (χ2v) is 6.92. The van der Waals surface area contributed by atoms with Crippen molar-refractivity contribution in [2.75, 3.05) is 16.9 Å². The summed E-state index contributed by atoms with van der Waals surface area (Å²) in [6.07, 6.45) is -4.62. The smallest absolute Gasteiger partial charge is 0.416 e. The van der Waals surface area contributed by atoms with Gasteiger partial charge in [0.05, 0.1) is 5.56 Å². The van der Waals surface area contributed by atoms with Gasteiger partial charge in [-0.25, -0.2) is 9.40 Å². The number of Topliss-reactive ketones (excluding diaryl/α,β-unsaturated/α-hetero) is 1. The molecule has 2 aromatic carbocycles. The molecule has 1 N–H and O–H groups in total. The van der Waals surface area contributed by atoms with E-state index < -0.39 is 34.8 Å². The number of anilines is 2. The van der Waals surface area contributed by atoms with Crippen molar-refractivity contribution in [2.45, 2.75) is 18.1 Å². The number of nitrogens with zero attached hydrogens (tertiary/aromatic N) is 2. The summed E-state index contributed by atoms with van der Waals surface area (Å²) in [7, 11) is 0. The first kappa shape index (κ1) is 19.9. The van der Waals surface area contributed by atoms with E-state index in [1.165, 1.54) is 17.1 Å². The van der Waals surface area contributed by atoms with E-state index in [0.29, 0.717) is 5.69 Å². The summed E-state index contributed by atoms with van der Waals surface area (Å²) in [5.41, 5.74) is -1.81. The van der Waals surface area contributed by atoms with Crippen LogP contribution >= 0.6 is 0 Å². The number of hydrogen-bond donors (Lipinski definition) is 1. The van der Waals surface area contributed by atoms with Gasteiger partial charge in [0, 0.05) is 25.1 Å². The minimum absolute atomic E-state index is 0.0346. The molecule has 4 rings (SSSR count). The van der Waals surface area contributed by atoms with Gasteiger partial charge in [0.15, 0.2) is 11.3 Å². The fraction of sp³-hybridized carbons (Fsp3) is 0.200. The zero-order valence-corrected chi connectivity index (χ0v) is 15.3. The van der Waals surface area contributed by atoms with Crippen LogP contribution in [0.5, 0.6) is 5.75 Å². The Hall–Kier alpha value is -3.43. The molecule has 155 valence electrons. The molecule has 2 heterocycles. The monoisotopic (exact) mass is 420 g/mol. The van der Waals surface area contributed by atoms with E-state index in [1.54, 1.807) is 0 Å². The van der Waals surface area contributed by atoms with Gasteiger partial charge in [0.25, 0.3) is 5.91 Å². The van der Waals surface area contributed by atoms with Crippen LogP contribution < -0.4 is 15.1 Å². The number of carbonyl (C=O) groups excluding carboxylic acids is 2. The summed E-state index contributed by atoms with van der Waals surface area (Å²) in [6, 6.07) is 7.61. The average molecular weight is 420 g/mol. The lowest BCUT2D eigenvalue weighted by atomic mass is 9.88. The highest BCUT2D eigenvalue weighted by Crippen LogP contribution is 2.44. The Morgan fingerprint density at radius 1 is 1.17 bits per heavy atom. The largest absolute Gasteiger partial charge is 0.488 e. The van der Waals surface area contributed by atoms with Crippen molar-refractivity contribution in [3.8, 4) is 5.75 Å². The quantitative estimate of drug-likeness (QED) is 0.771. The molecule has 2 aliphatic heterocycles. The summed E-state index contributed by atoms with van der Waals surface area (Å²) < 4.78 is 57.0. The SMILES string of the molecule is [CH2]C(=O)C12COc3cc(F)ccc3N1N=C(C(=O)Nc1ccc(C(F)(F)F)cc1)C2. The lowest BCUT2D eigenvalue weighted by Gasteiger charge is -2.39. The molecule has 0 bridgehead atoms. The second kappa shape index (κ2) is 6.82. The predicted octanol–water partition coefficient (Wildman–Crippen LogP) is 3.58. The van der Waals surface area contributed by atoms with Crippen LogP contribution in [-0.4, -0.2) is 29.5 Å². The van der Waals surface area contributed by atoms with E-state index in [4.69, 9.17) is 4.74 Å². The Labute approximate surface area is 168 Å². The Bertz CT molecular complexity index is 1070. The molecule has 0 saturated heterocycles. The number of nitrogens with one attached hydrogen (secondary N) is 1. The first-order chi connectivity index (χ1) is 14.1. The minimum atomic E-state index is -4.49. The van der Waals surface area contributed by atoms with Gasteiger partial charge in [-0.15, -0.1) is 0 Å². The van der Waals surface area contributed by atoms with E-state index in [0.717, 1.165) is 30.3 Å². The lowest BCUT2D eigenvalue weighted by Crippen LogP contribution is -2.56. The summed E-state index contributed by atoms with van der Waals surface area (Å²) in [5.74, 6) is -1.60. The molecule has 1 radical (unpaired) electrons. The number of fused-ring (bicyclic) bond motifs is 3.